The molecule has 6 aliphatic heterocycles. The maximum absolute atomic E-state index is 11.5. The normalized spacial score (nSPS) is 15.4. The molecule has 6 aromatic carbocycles. The van der Waals surface area contributed by atoms with E-state index in [-0.39, 0.29) is 46.0 Å². The van der Waals surface area contributed by atoms with Crippen LogP contribution in [0.4, 0.5) is 34.4 Å². The van der Waals surface area contributed by atoms with Crippen molar-refractivity contribution in [1.82, 2.24) is 45.0 Å². The Morgan fingerprint density at radius 3 is 1.14 bits per heavy atom. The number of aromatic nitrogens is 6. The van der Waals surface area contributed by atoms with Gasteiger partial charge in [-0.05, 0) is 193 Å². The number of ether oxygens (including phenoxy) is 8. The number of halogens is 5. The number of nitrogens with one attached hydrogen (secondary N) is 1. The van der Waals surface area contributed by atoms with Gasteiger partial charge in [0.05, 0.1) is 77.1 Å². The summed E-state index contributed by atoms with van der Waals surface area (Å²) in [6, 6.07) is 43.8. The molecule has 0 aliphatic carbocycles. The summed E-state index contributed by atoms with van der Waals surface area (Å²) >= 11 is 5.93. The van der Waals surface area contributed by atoms with Crippen molar-refractivity contribution >= 4 is 118 Å². The second kappa shape index (κ2) is 52.3. The van der Waals surface area contributed by atoms with Gasteiger partial charge in [-0.15, -0.1) is 19.7 Å². The van der Waals surface area contributed by atoms with Crippen molar-refractivity contribution in [3.05, 3.63) is 189 Å². The second-order valence-electron chi connectivity index (χ2n) is 34.9. The van der Waals surface area contributed by atoms with Gasteiger partial charge in [0.25, 0.3) is 0 Å². The first-order chi connectivity index (χ1) is 62.1. The van der Waals surface area contributed by atoms with E-state index in [4.69, 9.17) is 78.8 Å². The number of hydrogen-bond acceptors (Lipinski definition) is 25. The van der Waals surface area contributed by atoms with Crippen LogP contribution in [0, 0.1) is 29.6 Å². The Balaban J connectivity index is 0.000000234. The van der Waals surface area contributed by atoms with E-state index >= 15 is 0 Å². The first-order valence-electron chi connectivity index (χ1n) is 43.2. The Kier molecular flexibility index (Phi) is 43.7. The molecule has 9 heterocycles. The molecule has 0 bridgehead atoms. The minimum Gasteiger partial charge on any atom is -1.00 e. The Labute approximate surface area is 791 Å². The summed E-state index contributed by atoms with van der Waals surface area (Å²) in [6.45, 7) is 41.9. The molecule has 6 saturated heterocycles. The Morgan fingerprint density at radius 2 is 0.841 bits per heavy atom. The number of carboxylic acid groups (broad SMARTS) is 1. The van der Waals surface area contributed by atoms with Gasteiger partial charge in [-0.3, -0.25) is 0 Å². The van der Waals surface area contributed by atoms with Crippen molar-refractivity contribution in [1.29, 1.82) is 0 Å². The standard InChI is InChI=1S/C19H18P.C16H22BN3O4.C16H19N3O2.C11H19NO2.C10H9ClN2O2.C10H17NO3.C6H12BO2.C6H11N.C2HF3O2.BrH/c1-20(17-11-5-2-6-12-17,18-13-7-3-8-14-18)19-15-9-4-10-16-19;1-23-14-6-12-13(7-15(14)24-2)18-10-19-16(12)20-8-11(9-20)4-3-5-17(21)22;1-4-5-11-8-19(9-11)16-12-6-14(20-2)15(21-3)7-13(12)17-10-18-16;1-5-6-9-7-12(8-9)10(13)14-11(2,3)4;1-14-8-3-6-7(4-9(8)15-2)12-5-13-10(6)11;1-10(2,3)14-9(13)11-6-8(7-11)4-5-12;1-5(2)6(3,4)9-7-8-5;1-2-3-6-4-7-5-6;3-2(4,5)1(6)7;/h2-16H,1H3;6-7,10-11,21-22H,3-5,8-9H2,1-2H3;4,6-7,10-11H,1,5,8-9H2,2-3H3;5,9H,1,6-8H2,2-4H3;3-5H,1-2H3;5,8H,4,6-7H2,1-3H3;1-4H3;2,6-7H,1,3-5H2;(H,6,7);1H/q+1;;;;;;;;;/p-1. The zero-order valence-electron chi connectivity index (χ0n) is 78.7. The highest BCUT2D eigenvalue weighted by Crippen LogP contribution is 2.51. The number of carbonyl (C=O) groups excluding carboxylic acids is 3. The number of hydrogen-bond donors (Lipinski definition) is 4. The summed E-state index contributed by atoms with van der Waals surface area (Å²) in [5.74, 6) is 6.09. The maximum Gasteiger partial charge on any atom is 0.490 e. The topological polar surface area (TPSA) is 324 Å². The summed E-state index contributed by atoms with van der Waals surface area (Å²) in [4.78, 5) is 75.3. The average Bonchev–Trinajstić information content (AvgIpc) is 0.933. The number of alkyl halides is 3. The smallest absolute Gasteiger partial charge is 0.490 e. The number of likely N-dealkylation sites (tertiary alicyclic amines) is 2. The fraction of sp³-hybridized carbons (Fsp3) is 0.458. The van der Waals surface area contributed by atoms with E-state index in [2.05, 4.69) is 162 Å². The van der Waals surface area contributed by atoms with Crippen LogP contribution in [0.15, 0.2) is 184 Å². The third-order valence-corrected chi connectivity index (χ3v) is 26.4. The highest BCUT2D eigenvalue weighted by atomic mass is 79.9. The molecule has 6 aliphatic rings. The van der Waals surface area contributed by atoms with Gasteiger partial charge >= 0.3 is 39.1 Å². The molecule has 0 unspecified atom stereocenters. The zero-order chi connectivity index (χ0) is 96.4. The lowest BCUT2D eigenvalue weighted by molar-refractivity contribution is -0.192. The maximum atomic E-state index is 11.5. The lowest BCUT2D eigenvalue weighted by atomic mass is 9.81. The van der Waals surface area contributed by atoms with Gasteiger partial charge in [-0.25, -0.2) is 44.3 Å². The number of anilines is 2. The largest absolute Gasteiger partial charge is 1.00 e. The summed E-state index contributed by atoms with van der Waals surface area (Å²) < 4.78 is 84.3. The SMILES string of the molecule is C=CCC1CN(C(=O)OC(C)(C)C)C1.C=CCC1CN(c2ncnc3cc(OC)c(OC)cc23)C1.C=CCC1CNC1.CC(C)(C)OC(=O)N1CC(CC=O)C1.CC1(C)O[B]OC1(C)C.COc1cc2ncnc(Cl)c2cc1OC.COc1cc2ncnc(N3CC(CCCB(O)O)C3)c2cc1OC.C[P+](c1ccccc1)(c1ccccc1)c1ccccc1.O=C(O)C(F)(F)F.[Br-]. The number of carbonyl (C=O) groups is 4. The van der Waals surface area contributed by atoms with Crippen LogP contribution in [0.1, 0.15) is 108 Å². The minimum absolute atomic E-state index is 0. The van der Waals surface area contributed by atoms with Crippen LogP contribution < -0.4 is 76.4 Å². The lowest BCUT2D eigenvalue weighted by Crippen LogP contribution is -3.00. The van der Waals surface area contributed by atoms with Gasteiger partial charge in [0, 0.05) is 99.1 Å². The molecule has 3 aromatic heterocycles. The van der Waals surface area contributed by atoms with Crippen LogP contribution in [-0.2, 0) is 28.4 Å². The average molecular weight is 1930 g/mol. The number of allylic oxidation sites excluding steroid dienone is 3. The second-order valence-corrected chi connectivity index (χ2v) is 38.8. The van der Waals surface area contributed by atoms with Crippen molar-refractivity contribution in [2.75, 3.05) is 125 Å². The molecule has 715 valence electrons. The first-order valence-corrected chi connectivity index (χ1v) is 45.8. The molecule has 132 heavy (non-hydrogen) atoms. The molecular formula is C96H128B2BrClF3N11O17P. The van der Waals surface area contributed by atoms with E-state index in [0.717, 1.165) is 122 Å². The molecule has 15 rings (SSSR count). The van der Waals surface area contributed by atoms with Gasteiger partial charge < -0.3 is 109 Å². The molecule has 1 radical (unpaired) electrons. The molecule has 9 aromatic rings. The summed E-state index contributed by atoms with van der Waals surface area (Å²) in [7, 11) is 8.32. The van der Waals surface area contributed by atoms with E-state index in [9.17, 15) is 27.6 Å². The monoisotopic (exact) mass is 1930 g/mol. The number of nitrogens with zero attached hydrogens (tertiary/aromatic N) is 10. The molecule has 36 heteroatoms. The number of rotatable bonds is 23. The van der Waals surface area contributed by atoms with Gasteiger partial charge in [0.2, 0.25) is 0 Å². The number of benzene rings is 6. The quantitative estimate of drug-likeness (QED) is 0.0152. The minimum atomic E-state index is -5.08. The number of methoxy groups -OCH3 is 6. The van der Waals surface area contributed by atoms with Gasteiger partial charge in [-0.2, -0.15) is 13.2 Å². The molecule has 4 N–H and O–H groups in total. The fourth-order valence-electron chi connectivity index (χ4n) is 13.9. The fourth-order valence-corrected chi connectivity index (χ4v) is 17.3. The Hall–Kier alpha value is -10.4. The Morgan fingerprint density at radius 1 is 0.523 bits per heavy atom. The lowest BCUT2D eigenvalue weighted by Gasteiger charge is -2.40. The van der Waals surface area contributed by atoms with Crippen molar-refractivity contribution in [2.24, 2.45) is 29.6 Å². The number of fused-ring (bicyclic) bond motifs is 3. The number of amides is 2. The number of aliphatic carboxylic acids is 1. The van der Waals surface area contributed by atoms with Crippen molar-refractivity contribution < 1.29 is 112 Å². The Bertz CT molecular complexity index is 4970. The summed E-state index contributed by atoms with van der Waals surface area (Å²) in [6.07, 6.45) is 11.8. The van der Waals surface area contributed by atoms with Crippen molar-refractivity contribution in [3.63, 3.8) is 0 Å². The van der Waals surface area contributed by atoms with E-state index in [1.807, 2.05) is 112 Å². The van der Waals surface area contributed by atoms with Crippen LogP contribution in [0.25, 0.3) is 32.7 Å². The molecule has 2 amide bonds. The molecule has 0 spiro atoms. The number of carboxylic acids is 1. The van der Waals surface area contributed by atoms with E-state index < -0.39 is 32.1 Å². The molecule has 0 atom stereocenters. The van der Waals surface area contributed by atoms with Crippen LogP contribution in [0.3, 0.4) is 0 Å². The van der Waals surface area contributed by atoms with Gasteiger partial charge in [-0.1, -0.05) is 90.8 Å². The van der Waals surface area contributed by atoms with E-state index in [0.29, 0.717) is 89.2 Å². The zero-order valence-corrected chi connectivity index (χ0v) is 82.0. The van der Waals surface area contributed by atoms with Gasteiger partial charge in [0.1, 0.15) is 76.4 Å². The van der Waals surface area contributed by atoms with Crippen LogP contribution in [-0.4, -0.2) is 237 Å². The van der Waals surface area contributed by atoms with Crippen molar-refractivity contribution in [2.45, 2.75) is 143 Å². The number of aldehydes is 1. The van der Waals surface area contributed by atoms with Gasteiger partial charge in [0.15, 0.2) is 34.5 Å². The molecular weight excluding hydrogens is 1800 g/mol. The summed E-state index contributed by atoms with van der Waals surface area (Å²) in [5, 5.41) is 35.5. The van der Waals surface area contributed by atoms with Crippen LogP contribution >= 0.6 is 18.9 Å². The highest BCUT2D eigenvalue weighted by molar-refractivity contribution is 7.95. The molecule has 0 saturated carbocycles. The first kappa shape index (κ1) is 110. The van der Waals surface area contributed by atoms with Crippen LogP contribution in [0.2, 0.25) is 11.5 Å². The highest BCUT2D eigenvalue weighted by Gasteiger charge is 2.45. The predicted molar refractivity (Wildman–Crippen MR) is 513 cm³/mol. The van der Waals surface area contributed by atoms with E-state index in [1.165, 1.54) is 49.4 Å². The van der Waals surface area contributed by atoms with Crippen molar-refractivity contribution in [3.8, 4) is 34.5 Å². The van der Waals surface area contributed by atoms with E-state index in [1.54, 1.807) is 77.2 Å². The third-order valence-electron chi connectivity index (χ3n) is 22.1. The third kappa shape index (κ3) is 32.7. The molecule has 28 nitrogen and oxygen atoms in total. The van der Waals surface area contributed by atoms with Crippen LogP contribution in [0.5, 0.6) is 34.5 Å². The predicted octanol–water partition coefficient (Wildman–Crippen LogP) is 13.3. The molecule has 6 fully saturated rings. The summed E-state index contributed by atoms with van der Waals surface area (Å²) in [5.41, 5.74) is 1.22.